The van der Waals surface area contributed by atoms with Crippen LogP contribution in [0, 0.1) is 17.0 Å². The molecule has 1 N–H and O–H groups in total. The third kappa shape index (κ3) is 4.82. The normalized spacial score (nSPS) is 10.8. The average Bonchev–Trinajstić information content (AvgIpc) is 2.41. The van der Waals surface area contributed by atoms with Crippen LogP contribution in [-0.2, 0) is 0 Å². The monoisotopic (exact) mass is 296 g/mol. The van der Waals surface area contributed by atoms with E-state index in [0.29, 0.717) is 24.0 Å². The number of likely N-dealkylation sites (N-methyl/N-ethyl adjacent to an activating group) is 2. The molecule has 118 valence electrons. The number of hydrogen-bond donors (Lipinski definition) is 1. The van der Waals surface area contributed by atoms with Crippen molar-refractivity contribution in [3.05, 3.63) is 15.8 Å². The molecular formula is C13H24N6O2. The van der Waals surface area contributed by atoms with Crippen molar-refractivity contribution in [1.29, 1.82) is 0 Å². The molecule has 21 heavy (non-hydrogen) atoms. The van der Waals surface area contributed by atoms with Gasteiger partial charge < -0.3 is 15.1 Å². The molecule has 0 spiro atoms. The number of nitrogens with one attached hydrogen (secondary N) is 1. The van der Waals surface area contributed by atoms with Crippen LogP contribution in [0.4, 0.5) is 17.5 Å². The fourth-order valence-corrected chi connectivity index (χ4v) is 1.80. The second-order valence-corrected chi connectivity index (χ2v) is 5.21. The number of aryl methyl sites for hydroxylation is 1. The van der Waals surface area contributed by atoms with Crippen molar-refractivity contribution in [2.24, 2.45) is 0 Å². The van der Waals surface area contributed by atoms with E-state index in [0.717, 1.165) is 19.5 Å². The Labute approximate surface area is 125 Å². The third-order valence-corrected chi connectivity index (χ3v) is 3.00. The van der Waals surface area contributed by atoms with Crippen LogP contribution in [0.2, 0.25) is 0 Å². The lowest BCUT2D eigenvalue weighted by molar-refractivity contribution is -0.385. The third-order valence-electron chi connectivity index (χ3n) is 3.00. The fourth-order valence-electron chi connectivity index (χ4n) is 1.80. The lowest BCUT2D eigenvalue weighted by Gasteiger charge is -2.21. The van der Waals surface area contributed by atoms with E-state index in [1.54, 1.807) is 11.8 Å². The Kier molecular flexibility index (Phi) is 6.29. The van der Waals surface area contributed by atoms with E-state index < -0.39 is 4.92 Å². The van der Waals surface area contributed by atoms with Crippen molar-refractivity contribution in [2.45, 2.75) is 20.3 Å². The van der Waals surface area contributed by atoms with Gasteiger partial charge in [-0.2, -0.15) is 4.98 Å². The average molecular weight is 296 g/mol. The molecule has 0 saturated carbocycles. The molecule has 8 heteroatoms. The van der Waals surface area contributed by atoms with Gasteiger partial charge in [0.2, 0.25) is 11.8 Å². The molecule has 0 atom stereocenters. The van der Waals surface area contributed by atoms with Crippen LogP contribution in [0.5, 0.6) is 0 Å². The van der Waals surface area contributed by atoms with Crippen LogP contribution in [-0.4, -0.2) is 60.6 Å². The molecule has 8 nitrogen and oxygen atoms in total. The van der Waals surface area contributed by atoms with Gasteiger partial charge in [0.05, 0.1) is 4.92 Å². The van der Waals surface area contributed by atoms with E-state index in [4.69, 9.17) is 0 Å². The summed E-state index contributed by atoms with van der Waals surface area (Å²) in [5, 5.41) is 14.4. The van der Waals surface area contributed by atoms with Crippen molar-refractivity contribution in [2.75, 3.05) is 51.0 Å². The molecule has 0 unspecified atom stereocenters. The Morgan fingerprint density at radius 1 is 1.24 bits per heavy atom. The Bertz CT molecular complexity index is 492. The maximum absolute atomic E-state index is 11.3. The summed E-state index contributed by atoms with van der Waals surface area (Å²) in [6.07, 6.45) is 0.936. The molecule has 0 aliphatic carbocycles. The molecule has 0 radical (unpaired) electrons. The van der Waals surface area contributed by atoms with Crippen molar-refractivity contribution < 1.29 is 4.92 Å². The van der Waals surface area contributed by atoms with Gasteiger partial charge in [0, 0.05) is 26.7 Å². The molecule has 1 aromatic heterocycles. The Morgan fingerprint density at radius 2 is 1.90 bits per heavy atom. The van der Waals surface area contributed by atoms with Crippen LogP contribution < -0.4 is 10.2 Å². The van der Waals surface area contributed by atoms with E-state index in [2.05, 4.69) is 15.3 Å². The van der Waals surface area contributed by atoms with E-state index in [1.807, 2.05) is 33.0 Å². The molecule has 0 aliphatic heterocycles. The summed E-state index contributed by atoms with van der Waals surface area (Å²) in [6.45, 7) is 5.85. The summed E-state index contributed by atoms with van der Waals surface area (Å²) in [4.78, 5) is 23.2. The minimum Gasteiger partial charge on any atom is -0.354 e. The molecular weight excluding hydrogens is 272 g/mol. The molecule has 0 amide bonds. The van der Waals surface area contributed by atoms with Crippen molar-refractivity contribution in [3.8, 4) is 0 Å². The minimum atomic E-state index is -0.416. The minimum absolute atomic E-state index is 0.0293. The molecule has 0 bridgehead atoms. The molecule has 1 aromatic rings. The maximum atomic E-state index is 11.3. The first kappa shape index (κ1) is 17.1. The molecule has 1 rings (SSSR count). The zero-order chi connectivity index (χ0) is 16.0. The van der Waals surface area contributed by atoms with Gasteiger partial charge in [0.15, 0.2) is 0 Å². The Morgan fingerprint density at radius 3 is 2.43 bits per heavy atom. The number of hydrogen-bond acceptors (Lipinski definition) is 7. The van der Waals surface area contributed by atoms with Gasteiger partial charge in [-0.05, 0) is 27.4 Å². The van der Waals surface area contributed by atoms with Gasteiger partial charge in [-0.15, -0.1) is 0 Å². The van der Waals surface area contributed by atoms with Crippen LogP contribution in [0.1, 0.15) is 19.0 Å². The first-order chi connectivity index (χ1) is 9.86. The van der Waals surface area contributed by atoms with E-state index >= 15 is 0 Å². The Hall–Kier alpha value is -1.96. The number of anilines is 2. The van der Waals surface area contributed by atoms with Crippen LogP contribution in [0.15, 0.2) is 0 Å². The summed E-state index contributed by atoms with van der Waals surface area (Å²) >= 11 is 0. The first-order valence-corrected chi connectivity index (χ1v) is 6.99. The molecule has 0 aliphatic rings. The number of nitrogens with zero attached hydrogens (tertiary/aromatic N) is 5. The highest BCUT2D eigenvalue weighted by molar-refractivity contribution is 5.62. The first-order valence-electron chi connectivity index (χ1n) is 6.99. The van der Waals surface area contributed by atoms with E-state index in [-0.39, 0.29) is 5.69 Å². The lowest BCUT2D eigenvalue weighted by atomic mass is 10.3. The quantitative estimate of drug-likeness (QED) is 0.574. The summed E-state index contributed by atoms with van der Waals surface area (Å²) < 4.78 is 0. The topological polar surface area (TPSA) is 87.4 Å². The van der Waals surface area contributed by atoms with Gasteiger partial charge in [-0.25, -0.2) is 4.98 Å². The summed E-state index contributed by atoms with van der Waals surface area (Å²) in [6, 6.07) is 0. The zero-order valence-electron chi connectivity index (χ0n) is 13.4. The van der Waals surface area contributed by atoms with Gasteiger partial charge in [0.25, 0.3) is 0 Å². The van der Waals surface area contributed by atoms with Crippen molar-refractivity contribution in [1.82, 2.24) is 14.9 Å². The van der Waals surface area contributed by atoms with Crippen LogP contribution in [0.3, 0.4) is 0 Å². The van der Waals surface area contributed by atoms with Gasteiger partial charge in [-0.1, -0.05) is 6.92 Å². The predicted molar refractivity (Wildman–Crippen MR) is 84.0 cm³/mol. The van der Waals surface area contributed by atoms with Gasteiger partial charge in [0.1, 0.15) is 5.69 Å². The molecule has 0 saturated heterocycles. The van der Waals surface area contributed by atoms with E-state index in [1.165, 1.54) is 0 Å². The molecule has 0 aromatic carbocycles. The largest absolute Gasteiger partial charge is 0.354 e. The molecule has 1 heterocycles. The SMILES string of the molecule is CCCNc1nc(C)c([N+](=O)[O-])c(N(C)CCN(C)C)n1. The van der Waals surface area contributed by atoms with Crippen LogP contribution >= 0.6 is 0 Å². The van der Waals surface area contributed by atoms with Crippen molar-refractivity contribution in [3.63, 3.8) is 0 Å². The number of aromatic nitrogens is 2. The standard InChI is InChI=1S/C13H24N6O2/c1-6-7-14-13-15-10(2)11(19(20)21)12(16-13)18(5)9-8-17(3)4/h6-9H2,1-5H3,(H,14,15,16). The summed E-state index contributed by atoms with van der Waals surface area (Å²) in [5.74, 6) is 0.791. The summed E-state index contributed by atoms with van der Waals surface area (Å²) in [5.41, 5.74) is 0.346. The zero-order valence-corrected chi connectivity index (χ0v) is 13.4. The smallest absolute Gasteiger partial charge is 0.332 e. The second kappa shape index (κ2) is 7.72. The van der Waals surface area contributed by atoms with Gasteiger partial charge >= 0.3 is 5.69 Å². The highest BCUT2D eigenvalue weighted by Crippen LogP contribution is 2.28. The number of nitro groups is 1. The highest BCUT2D eigenvalue weighted by atomic mass is 16.6. The van der Waals surface area contributed by atoms with E-state index in [9.17, 15) is 10.1 Å². The fraction of sp³-hybridized carbons (Fsp3) is 0.692. The van der Waals surface area contributed by atoms with Gasteiger partial charge in [-0.3, -0.25) is 10.1 Å². The number of rotatable bonds is 8. The van der Waals surface area contributed by atoms with Crippen LogP contribution in [0.25, 0.3) is 0 Å². The predicted octanol–water partition coefficient (Wildman–Crippen LogP) is 1.51. The lowest BCUT2D eigenvalue weighted by Crippen LogP contribution is -2.30. The Balaban J connectivity index is 3.11. The highest BCUT2D eigenvalue weighted by Gasteiger charge is 2.24. The second-order valence-electron chi connectivity index (χ2n) is 5.21. The molecule has 0 fully saturated rings. The maximum Gasteiger partial charge on any atom is 0.332 e. The summed E-state index contributed by atoms with van der Waals surface area (Å²) in [7, 11) is 5.73. The van der Waals surface area contributed by atoms with Crippen molar-refractivity contribution >= 4 is 17.5 Å².